The summed E-state index contributed by atoms with van der Waals surface area (Å²) < 4.78 is 13.6. The third-order valence-electron chi connectivity index (χ3n) is 10.8. The van der Waals surface area contributed by atoms with Gasteiger partial charge in [-0.3, -0.25) is 14.8 Å². The van der Waals surface area contributed by atoms with Gasteiger partial charge in [0, 0.05) is 37.9 Å². The zero-order chi connectivity index (χ0) is 39.8. The highest BCUT2D eigenvalue weighted by molar-refractivity contribution is 5.76. The first-order chi connectivity index (χ1) is 27.4. The summed E-state index contributed by atoms with van der Waals surface area (Å²) in [4.78, 5) is 26.3. The van der Waals surface area contributed by atoms with Gasteiger partial charge in [0.05, 0.1) is 18.8 Å². The number of carbonyl (C=O) groups excluding carboxylic acids is 2. The van der Waals surface area contributed by atoms with Crippen LogP contribution in [0, 0.1) is 0 Å². The molecule has 0 saturated carbocycles. The first-order valence-corrected chi connectivity index (χ1v) is 21.5. The number of hydrogen-bond acceptors (Lipinski definition) is 7. The van der Waals surface area contributed by atoms with E-state index >= 15 is 0 Å². The Bertz CT molecular complexity index is 1530. The number of rotatable bonds is 27. The van der Waals surface area contributed by atoms with E-state index in [4.69, 9.17) is 14.7 Å². The van der Waals surface area contributed by atoms with Gasteiger partial charge in [-0.25, -0.2) is 5.48 Å². The van der Waals surface area contributed by atoms with Gasteiger partial charge in [0.15, 0.2) is 6.29 Å². The van der Waals surface area contributed by atoms with Gasteiger partial charge in [0.1, 0.15) is 0 Å². The number of nitrogens with one attached hydrogen (secondary N) is 2. The Kier molecular flexibility index (Phi) is 21.2. The molecule has 0 radical (unpaired) electrons. The molecular formula is C47H69N3O6. The highest BCUT2D eigenvalue weighted by atomic mass is 16.7. The van der Waals surface area contributed by atoms with Crippen molar-refractivity contribution < 1.29 is 29.4 Å². The Morgan fingerprint density at radius 2 is 1.29 bits per heavy atom. The van der Waals surface area contributed by atoms with Gasteiger partial charge in [-0.05, 0) is 78.7 Å². The number of carbonyl (C=O) groups is 2. The second-order valence-electron chi connectivity index (χ2n) is 15.5. The van der Waals surface area contributed by atoms with E-state index in [0.29, 0.717) is 25.8 Å². The number of hydrogen-bond donors (Lipinski definition) is 4. The fourth-order valence-electron chi connectivity index (χ4n) is 7.49. The molecular weight excluding hydrogens is 703 g/mol. The number of unbranched alkanes of at least 4 members (excludes halogenated alkanes) is 11. The molecule has 0 aliphatic carbocycles. The Balaban J connectivity index is 1.46. The van der Waals surface area contributed by atoms with Crippen LogP contribution in [0.5, 0.6) is 0 Å². The fraction of sp³-hybridized carbons (Fsp3) is 0.574. The summed E-state index contributed by atoms with van der Waals surface area (Å²) in [5, 5.41) is 21.3. The van der Waals surface area contributed by atoms with Gasteiger partial charge in [0.2, 0.25) is 11.8 Å². The number of ether oxygens (including phenoxy) is 2. The Labute approximate surface area is 336 Å². The summed E-state index contributed by atoms with van der Waals surface area (Å²) in [5.41, 5.74) is 7.66. The Hall–Kier alpha value is -3.60. The molecule has 1 fully saturated rings. The molecule has 1 aliphatic rings. The van der Waals surface area contributed by atoms with Gasteiger partial charge in [-0.15, -0.1) is 0 Å². The maximum absolute atomic E-state index is 12.5. The minimum absolute atomic E-state index is 0.00104. The molecule has 56 heavy (non-hydrogen) atoms. The molecule has 2 amide bonds. The molecule has 0 aromatic heterocycles. The molecule has 9 nitrogen and oxygen atoms in total. The van der Waals surface area contributed by atoms with Gasteiger partial charge >= 0.3 is 0 Å². The lowest BCUT2D eigenvalue weighted by Crippen LogP contribution is -2.40. The summed E-state index contributed by atoms with van der Waals surface area (Å²) in [5.74, 6) is -0.508. The number of aliphatic hydroxyl groups is 1. The summed E-state index contributed by atoms with van der Waals surface area (Å²) in [6.45, 7) is 8.03. The van der Waals surface area contributed by atoms with Crippen LogP contribution in [0.4, 0.5) is 0 Å². The lowest BCUT2D eigenvalue weighted by atomic mass is 9.98. The second-order valence-corrected chi connectivity index (χ2v) is 15.5. The quantitative estimate of drug-likeness (QED) is 0.0346. The highest BCUT2D eigenvalue weighted by Crippen LogP contribution is 2.39. The number of aliphatic hydroxyl groups excluding tert-OH is 1. The van der Waals surface area contributed by atoms with Crippen molar-refractivity contribution in [3.8, 4) is 11.1 Å². The molecule has 1 aliphatic heterocycles. The van der Waals surface area contributed by atoms with Crippen molar-refractivity contribution in [3.63, 3.8) is 0 Å². The maximum atomic E-state index is 12.5. The molecule has 1 heterocycles. The molecule has 3 aromatic rings. The molecule has 0 spiro atoms. The Morgan fingerprint density at radius 1 is 0.679 bits per heavy atom. The predicted molar refractivity (Wildman–Crippen MR) is 224 cm³/mol. The molecule has 3 aromatic carbocycles. The van der Waals surface area contributed by atoms with Crippen molar-refractivity contribution in [2.75, 3.05) is 19.6 Å². The molecule has 0 bridgehead atoms. The average Bonchev–Trinajstić information content (AvgIpc) is 3.23. The van der Waals surface area contributed by atoms with Gasteiger partial charge in [-0.2, -0.15) is 0 Å². The Morgan fingerprint density at radius 3 is 1.93 bits per heavy atom. The lowest BCUT2D eigenvalue weighted by Gasteiger charge is -2.38. The monoisotopic (exact) mass is 772 g/mol. The predicted octanol–water partition coefficient (Wildman–Crippen LogP) is 10.1. The molecule has 4 N–H and O–H groups in total. The number of benzene rings is 3. The van der Waals surface area contributed by atoms with Crippen molar-refractivity contribution in [1.82, 2.24) is 15.7 Å². The van der Waals surface area contributed by atoms with Crippen molar-refractivity contribution in [2.45, 2.75) is 155 Å². The van der Waals surface area contributed by atoms with E-state index in [9.17, 15) is 14.7 Å². The van der Waals surface area contributed by atoms with Crippen molar-refractivity contribution >= 4 is 11.8 Å². The van der Waals surface area contributed by atoms with Crippen LogP contribution in [0.1, 0.15) is 158 Å². The zero-order valence-corrected chi connectivity index (χ0v) is 34.2. The molecule has 308 valence electrons. The molecule has 0 unspecified atom stereocenters. The van der Waals surface area contributed by atoms with Crippen LogP contribution in [0.2, 0.25) is 0 Å². The molecule has 3 atom stereocenters. The van der Waals surface area contributed by atoms with E-state index in [-0.39, 0.29) is 31.1 Å². The topological polar surface area (TPSA) is 120 Å². The van der Waals surface area contributed by atoms with Crippen molar-refractivity contribution in [3.05, 3.63) is 95.1 Å². The number of hydroxylamine groups is 1. The summed E-state index contributed by atoms with van der Waals surface area (Å²) >= 11 is 0. The largest absolute Gasteiger partial charge is 0.392 e. The zero-order valence-electron chi connectivity index (χ0n) is 34.2. The van der Waals surface area contributed by atoms with E-state index < -0.39 is 12.2 Å². The minimum atomic E-state index is -0.535. The van der Waals surface area contributed by atoms with Crippen LogP contribution >= 0.6 is 0 Å². The summed E-state index contributed by atoms with van der Waals surface area (Å²) in [6.07, 6.45) is 17.1. The van der Waals surface area contributed by atoms with Gasteiger partial charge in [-0.1, -0.05) is 139 Å². The number of nitrogens with zero attached hydrogens (tertiary/aromatic N) is 1. The lowest BCUT2D eigenvalue weighted by molar-refractivity contribution is -0.253. The molecule has 9 heteroatoms. The van der Waals surface area contributed by atoms with E-state index in [1.807, 2.05) is 24.3 Å². The minimum Gasteiger partial charge on any atom is -0.392 e. The van der Waals surface area contributed by atoms with Crippen molar-refractivity contribution in [2.24, 2.45) is 0 Å². The third kappa shape index (κ3) is 16.5. The van der Waals surface area contributed by atoms with E-state index in [1.165, 1.54) is 77.0 Å². The smallest absolute Gasteiger partial charge is 0.243 e. The fourth-order valence-corrected chi connectivity index (χ4v) is 7.49. The average molecular weight is 772 g/mol. The standard InChI is InChI=1S/C47H69N3O6/c1-3-5-7-9-11-15-29-50(30-16-12-10-8-6-4-2)35-43-33-44(39-27-25-37(36-51)26-28-39)56-47(55-43)42-22-18-21-41(32-42)40-20-17-19-38(31-40)34-48-45(52)23-13-14-24-46(53)49-54/h17-22,25-28,31-32,43-44,47,51,54H,3-16,23-24,29-30,33-36H2,1-2H3,(H,48,52)(H,49,53)/t43-,44+,47+/m0/s1. The summed E-state index contributed by atoms with van der Waals surface area (Å²) in [7, 11) is 0. The van der Waals surface area contributed by atoms with Crippen LogP contribution in [-0.4, -0.2) is 52.8 Å². The van der Waals surface area contributed by atoms with E-state index in [1.54, 1.807) is 5.48 Å². The SMILES string of the molecule is CCCCCCCCN(CCCCCCCC)C[C@@H]1C[C@H](c2ccc(CO)cc2)O[C@H](c2cccc(-c3cccc(CNC(=O)CCCCC(=O)NO)c3)c2)O1. The second kappa shape index (κ2) is 26.3. The van der Waals surface area contributed by atoms with E-state index in [0.717, 1.165) is 59.4 Å². The van der Waals surface area contributed by atoms with Crippen LogP contribution in [0.15, 0.2) is 72.8 Å². The molecule has 1 saturated heterocycles. The first kappa shape index (κ1) is 45.1. The highest BCUT2D eigenvalue weighted by Gasteiger charge is 2.33. The summed E-state index contributed by atoms with van der Waals surface area (Å²) in [6, 6.07) is 24.7. The van der Waals surface area contributed by atoms with Crippen LogP contribution in [0.3, 0.4) is 0 Å². The van der Waals surface area contributed by atoms with Crippen LogP contribution < -0.4 is 10.8 Å². The molecule has 4 rings (SSSR count). The van der Waals surface area contributed by atoms with Crippen molar-refractivity contribution in [1.29, 1.82) is 0 Å². The van der Waals surface area contributed by atoms with Crippen LogP contribution in [0.25, 0.3) is 11.1 Å². The van der Waals surface area contributed by atoms with Crippen LogP contribution in [-0.2, 0) is 32.2 Å². The first-order valence-electron chi connectivity index (χ1n) is 21.5. The van der Waals surface area contributed by atoms with Gasteiger partial charge in [0.25, 0.3) is 0 Å². The van der Waals surface area contributed by atoms with Gasteiger partial charge < -0.3 is 24.8 Å². The third-order valence-corrected chi connectivity index (χ3v) is 10.8. The van der Waals surface area contributed by atoms with E-state index in [2.05, 4.69) is 72.6 Å². The normalized spacial score (nSPS) is 16.9. The number of amides is 2. The maximum Gasteiger partial charge on any atom is 0.243 e.